The minimum absolute atomic E-state index is 0.0529. The SMILES string of the molecule is COc1cccc(NC(=O)NCC2CCN(C(=O)N(C)C)CC2)c1. The van der Waals surface area contributed by atoms with Crippen LogP contribution in [0.5, 0.6) is 5.75 Å². The van der Waals surface area contributed by atoms with Crippen LogP contribution in [0.1, 0.15) is 12.8 Å². The van der Waals surface area contributed by atoms with Crippen LogP contribution in [0.4, 0.5) is 15.3 Å². The second-order valence-corrected chi connectivity index (χ2v) is 6.17. The molecule has 1 fully saturated rings. The van der Waals surface area contributed by atoms with Crippen LogP contribution in [0.25, 0.3) is 0 Å². The molecule has 0 atom stereocenters. The zero-order valence-electron chi connectivity index (χ0n) is 14.5. The zero-order chi connectivity index (χ0) is 17.5. The third-order valence-electron chi connectivity index (χ3n) is 4.15. The Bertz CT molecular complexity index is 569. The lowest BCUT2D eigenvalue weighted by Gasteiger charge is -2.33. The molecule has 0 saturated carbocycles. The maximum atomic E-state index is 12.0. The fourth-order valence-corrected chi connectivity index (χ4v) is 2.72. The summed E-state index contributed by atoms with van der Waals surface area (Å²) < 4.78 is 5.13. The number of hydrogen-bond acceptors (Lipinski definition) is 3. The molecule has 0 radical (unpaired) electrons. The Morgan fingerprint density at radius 1 is 1.29 bits per heavy atom. The van der Waals surface area contributed by atoms with Gasteiger partial charge < -0.3 is 25.2 Å². The quantitative estimate of drug-likeness (QED) is 0.886. The topological polar surface area (TPSA) is 73.9 Å². The predicted molar refractivity (Wildman–Crippen MR) is 93.4 cm³/mol. The number of rotatable bonds is 4. The summed E-state index contributed by atoms with van der Waals surface area (Å²) in [5.74, 6) is 1.10. The van der Waals surface area contributed by atoms with E-state index in [1.807, 2.05) is 23.1 Å². The number of carbonyl (C=O) groups excluding carboxylic acids is 2. The summed E-state index contributed by atoms with van der Waals surface area (Å²) in [7, 11) is 5.12. The predicted octanol–water partition coefficient (Wildman–Crippen LogP) is 2.21. The summed E-state index contributed by atoms with van der Waals surface area (Å²) in [5, 5.41) is 5.70. The van der Waals surface area contributed by atoms with Crippen molar-refractivity contribution >= 4 is 17.7 Å². The van der Waals surface area contributed by atoms with Crippen molar-refractivity contribution in [3.8, 4) is 5.75 Å². The van der Waals surface area contributed by atoms with Crippen LogP contribution in [-0.2, 0) is 0 Å². The minimum Gasteiger partial charge on any atom is -0.497 e. The molecule has 2 N–H and O–H groups in total. The standard InChI is InChI=1S/C17H26N4O3/c1-20(2)17(23)21-9-7-13(8-10-21)12-18-16(22)19-14-5-4-6-15(11-14)24-3/h4-6,11,13H,7-10,12H2,1-3H3,(H2,18,19,22). The van der Waals surface area contributed by atoms with E-state index in [1.54, 1.807) is 32.2 Å². The minimum atomic E-state index is -0.227. The lowest BCUT2D eigenvalue weighted by atomic mass is 9.97. The van der Waals surface area contributed by atoms with Crippen molar-refractivity contribution < 1.29 is 14.3 Å². The molecule has 0 bridgehead atoms. The summed E-state index contributed by atoms with van der Waals surface area (Å²) in [5.41, 5.74) is 0.693. The van der Waals surface area contributed by atoms with Gasteiger partial charge in [0.15, 0.2) is 0 Å². The van der Waals surface area contributed by atoms with Gasteiger partial charge in [0.25, 0.3) is 0 Å². The van der Waals surface area contributed by atoms with Crippen LogP contribution in [0.15, 0.2) is 24.3 Å². The molecule has 1 aliphatic heterocycles. The van der Waals surface area contributed by atoms with Gasteiger partial charge in [0.05, 0.1) is 7.11 Å². The largest absolute Gasteiger partial charge is 0.497 e. The number of nitrogens with zero attached hydrogens (tertiary/aromatic N) is 2. The normalized spacial score (nSPS) is 14.9. The Morgan fingerprint density at radius 2 is 2.00 bits per heavy atom. The number of nitrogens with one attached hydrogen (secondary N) is 2. The first kappa shape index (κ1) is 17.9. The Labute approximate surface area is 142 Å². The van der Waals surface area contributed by atoms with E-state index in [9.17, 15) is 9.59 Å². The Balaban J connectivity index is 1.72. The Hall–Kier alpha value is -2.44. The van der Waals surface area contributed by atoms with Gasteiger partial charge in [-0.2, -0.15) is 0 Å². The van der Waals surface area contributed by atoms with Crippen molar-refractivity contribution in [2.24, 2.45) is 5.92 Å². The van der Waals surface area contributed by atoms with Crippen molar-refractivity contribution in [3.63, 3.8) is 0 Å². The molecule has 24 heavy (non-hydrogen) atoms. The average Bonchev–Trinajstić information content (AvgIpc) is 2.60. The van der Waals surface area contributed by atoms with Crippen LogP contribution in [0, 0.1) is 5.92 Å². The number of ether oxygens (including phenoxy) is 1. The molecule has 0 aliphatic carbocycles. The molecule has 0 aromatic heterocycles. The van der Waals surface area contributed by atoms with Crippen molar-refractivity contribution in [3.05, 3.63) is 24.3 Å². The van der Waals surface area contributed by atoms with Crippen LogP contribution >= 0.6 is 0 Å². The summed E-state index contributed by atoms with van der Waals surface area (Å²) in [6.45, 7) is 2.08. The van der Waals surface area contributed by atoms with Gasteiger partial charge in [0.1, 0.15) is 5.75 Å². The maximum Gasteiger partial charge on any atom is 0.319 e. The van der Waals surface area contributed by atoms with E-state index in [0.717, 1.165) is 25.9 Å². The molecule has 132 valence electrons. The van der Waals surface area contributed by atoms with Crippen LogP contribution in [0.3, 0.4) is 0 Å². The van der Waals surface area contributed by atoms with Gasteiger partial charge in [-0.05, 0) is 30.9 Å². The summed E-state index contributed by atoms with van der Waals surface area (Å²) in [6.07, 6.45) is 1.80. The maximum absolute atomic E-state index is 12.0. The van der Waals surface area contributed by atoms with E-state index in [0.29, 0.717) is 23.9 Å². The Kier molecular flexibility index (Phi) is 6.28. The number of amides is 4. The summed E-state index contributed by atoms with van der Waals surface area (Å²) in [4.78, 5) is 27.3. The van der Waals surface area contributed by atoms with Gasteiger partial charge in [-0.15, -0.1) is 0 Å². The van der Waals surface area contributed by atoms with E-state index >= 15 is 0 Å². The van der Waals surface area contributed by atoms with Crippen molar-refractivity contribution in [1.82, 2.24) is 15.1 Å². The van der Waals surface area contributed by atoms with Gasteiger partial charge in [-0.3, -0.25) is 0 Å². The lowest BCUT2D eigenvalue weighted by molar-refractivity contribution is 0.147. The highest BCUT2D eigenvalue weighted by Crippen LogP contribution is 2.18. The first-order chi connectivity index (χ1) is 11.5. The molecule has 1 aliphatic rings. The van der Waals surface area contributed by atoms with Crippen LogP contribution in [0.2, 0.25) is 0 Å². The average molecular weight is 334 g/mol. The molecule has 1 saturated heterocycles. The van der Waals surface area contributed by atoms with Gasteiger partial charge in [0, 0.05) is 45.5 Å². The third-order valence-corrected chi connectivity index (χ3v) is 4.15. The van der Waals surface area contributed by atoms with Crippen molar-refractivity contribution in [2.45, 2.75) is 12.8 Å². The van der Waals surface area contributed by atoms with Crippen LogP contribution in [-0.4, -0.2) is 62.7 Å². The number of methoxy groups -OCH3 is 1. The van der Waals surface area contributed by atoms with Gasteiger partial charge in [-0.1, -0.05) is 6.07 Å². The van der Waals surface area contributed by atoms with Gasteiger partial charge in [-0.25, -0.2) is 9.59 Å². The first-order valence-electron chi connectivity index (χ1n) is 8.14. The first-order valence-corrected chi connectivity index (χ1v) is 8.14. The monoisotopic (exact) mass is 334 g/mol. The van der Waals surface area contributed by atoms with E-state index in [-0.39, 0.29) is 12.1 Å². The highest BCUT2D eigenvalue weighted by Gasteiger charge is 2.23. The van der Waals surface area contributed by atoms with E-state index < -0.39 is 0 Å². The third kappa shape index (κ3) is 5.04. The van der Waals surface area contributed by atoms with Crippen molar-refractivity contribution in [1.29, 1.82) is 0 Å². The summed E-state index contributed by atoms with van der Waals surface area (Å²) in [6, 6.07) is 7.06. The smallest absolute Gasteiger partial charge is 0.319 e. The summed E-state index contributed by atoms with van der Waals surface area (Å²) >= 11 is 0. The number of carbonyl (C=O) groups is 2. The molecule has 1 aromatic carbocycles. The fourth-order valence-electron chi connectivity index (χ4n) is 2.72. The molecule has 0 unspecified atom stereocenters. The number of urea groups is 2. The molecule has 7 heteroatoms. The van der Waals surface area contributed by atoms with E-state index in [1.165, 1.54) is 0 Å². The molecule has 2 rings (SSSR count). The number of likely N-dealkylation sites (tertiary alicyclic amines) is 1. The number of piperidine rings is 1. The Morgan fingerprint density at radius 3 is 2.62 bits per heavy atom. The molecule has 0 spiro atoms. The molecule has 1 heterocycles. The number of hydrogen-bond donors (Lipinski definition) is 2. The molecule has 7 nitrogen and oxygen atoms in total. The molecular formula is C17H26N4O3. The van der Waals surface area contributed by atoms with Crippen LogP contribution < -0.4 is 15.4 Å². The second kappa shape index (κ2) is 8.42. The number of anilines is 1. The van der Waals surface area contributed by atoms with Gasteiger partial charge >= 0.3 is 12.1 Å². The highest BCUT2D eigenvalue weighted by atomic mass is 16.5. The fraction of sp³-hybridized carbons (Fsp3) is 0.529. The van der Waals surface area contributed by atoms with Crippen molar-refractivity contribution in [2.75, 3.05) is 46.2 Å². The van der Waals surface area contributed by atoms with E-state index in [4.69, 9.17) is 4.74 Å². The zero-order valence-corrected chi connectivity index (χ0v) is 14.5. The molecule has 4 amide bonds. The number of benzene rings is 1. The molecule has 1 aromatic rings. The molecular weight excluding hydrogens is 308 g/mol. The van der Waals surface area contributed by atoms with E-state index in [2.05, 4.69) is 10.6 Å². The second-order valence-electron chi connectivity index (χ2n) is 6.17. The highest BCUT2D eigenvalue weighted by molar-refractivity contribution is 5.89. The van der Waals surface area contributed by atoms with Gasteiger partial charge in [0.2, 0.25) is 0 Å². The lowest BCUT2D eigenvalue weighted by Crippen LogP contribution is -2.45.